The first-order chi connectivity index (χ1) is 10.6. The lowest BCUT2D eigenvalue weighted by Crippen LogP contribution is -2.31. The molecule has 1 unspecified atom stereocenters. The highest BCUT2D eigenvalue weighted by Crippen LogP contribution is 2.15. The molecule has 0 fully saturated rings. The number of rotatable bonds is 6. The number of ether oxygens (including phenoxy) is 1. The van der Waals surface area contributed by atoms with Crippen LogP contribution in [0, 0.1) is 3.57 Å². The van der Waals surface area contributed by atoms with E-state index in [0.717, 1.165) is 15.6 Å². The van der Waals surface area contributed by atoms with E-state index in [2.05, 4.69) is 59.1 Å². The number of benzene rings is 2. The summed E-state index contributed by atoms with van der Waals surface area (Å²) in [6, 6.07) is 15.9. The van der Waals surface area contributed by atoms with Gasteiger partial charge in [-0.1, -0.05) is 31.2 Å². The minimum absolute atomic E-state index is 0.0258. The third-order valence-corrected chi connectivity index (χ3v) is 4.17. The van der Waals surface area contributed by atoms with Gasteiger partial charge in [-0.15, -0.1) is 0 Å². The topological polar surface area (TPSA) is 38.3 Å². The molecule has 0 radical (unpaired) electrons. The summed E-state index contributed by atoms with van der Waals surface area (Å²) in [4.78, 5) is 12.0. The van der Waals surface area contributed by atoms with Crippen LogP contribution in [0.2, 0.25) is 0 Å². The summed E-state index contributed by atoms with van der Waals surface area (Å²) >= 11 is 2.23. The van der Waals surface area contributed by atoms with Gasteiger partial charge in [-0.25, -0.2) is 0 Å². The van der Waals surface area contributed by atoms with Crippen LogP contribution in [0.4, 0.5) is 0 Å². The van der Waals surface area contributed by atoms with Gasteiger partial charge >= 0.3 is 0 Å². The van der Waals surface area contributed by atoms with Crippen LogP contribution in [0.3, 0.4) is 0 Å². The van der Waals surface area contributed by atoms with Gasteiger partial charge in [0.25, 0.3) is 5.91 Å². The van der Waals surface area contributed by atoms with Crippen molar-refractivity contribution in [3.63, 3.8) is 0 Å². The summed E-state index contributed by atoms with van der Waals surface area (Å²) in [5, 5.41) is 2.95. The van der Waals surface area contributed by atoms with Gasteiger partial charge in [0.05, 0.1) is 6.04 Å². The van der Waals surface area contributed by atoms with Gasteiger partial charge in [0, 0.05) is 3.57 Å². The summed E-state index contributed by atoms with van der Waals surface area (Å²) in [5.74, 6) is 0.584. The van der Waals surface area contributed by atoms with Crippen LogP contribution < -0.4 is 10.1 Å². The van der Waals surface area contributed by atoms with Gasteiger partial charge in [0.1, 0.15) is 5.75 Å². The molecule has 2 aromatic rings. The van der Waals surface area contributed by atoms with Gasteiger partial charge in [-0.2, -0.15) is 0 Å². The third-order valence-electron chi connectivity index (χ3n) is 3.45. The number of hydrogen-bond donors (Lipinski definition) is 1. The Balaban J connectivity index is 1.83. The highest BCUT2D eigenvalue weighted by molar-refractivity contribution is 14.1. The molecule has 2 aromatic carbocycles. The van der Waals surface area contributed by atoms with Gasteiger partial charge in [-0.05, 0) is 71.3 Å². The van der Waals surface area contributed by atoms with Gasteiger partial charge < -0.3 is 10.1 Å². The maximum absolute atomic E-state index is 12.0. The Kier molecular flexibility index (Phi) is 6.24. The summed E-state index contributed by atoms with van der Waals surface area (Å²) in [6.07, 6.45) is 1.02. The van der Waals surface area contributed by atoms with Crippen LogP contribution in [0.5, 0.6) is 5.75 Å². The van der Waals surface area contributed by atoms with Crippen LogP contribution >= 0.6 is 22.6 Å². The zero-order chi connectivity index (χ0) is 15.9. The van der Waals surface area contributed by atoms with E-state index in [0.29, 0.717) is 5.75 Å². The molecule has 0 aromatic heterocycles. The Labute approximate surface area is 145 Å². The zero-order valence-electron chi connectivity index (χ0n) is 12.8. The Bertz CT molecular complexity index is 608. The van der Waals surface area contributed by atoms with Crippen molar-refractivity contribution in [2.24, 2.45) is 0 Å². The predicted molar refractivity (Wildman–Crippen MR) is 97.0 cm³/mol. The minimum atomic E-state index is -0.120. The molecule has 0 aliphatic carbocycles. The predicted octanol–water partition coefficient (Wildman–Crippen LogP) is 4.11. The summed E-state index contributed by atoms with van der Waals surface area (Å²) in [6.45, 7) is 4.13. The SMILES string of the molecule is CCc1ccc(C(C)NC(=O)COc2ccc(I)cc2)cc1. The third kappa shape index (κ3) is 5.02. The maximum Gasteiger partial charge on any atom is 0.258 e. The van der Waals surface area contributed by atoms with Crippen molar-refractivity contribution in [2.45, 2.75) is 26.3 Å². The molecule has 22 heavy (non-hydrogen) atoms. The van der Waals surface area contributed by atoms with Crippen LogP contribution in [-0.4, -0.2) is 12.5 Å². The summed E-state index contributed by atoms with van der Waals surface area (Å²) in [5.41, 5.74) is 2.39. The first kappa shape index (κ1) is 16.8. The van der Waals surface area contributed by atoms with E-state index in [1.165, 1.54) is 5.56 Å². The molecule has 0 aliphatic heterocycles. The number of halogens is 1. The fourth-order valence-electron chi connectivity index (χ4n) is 2.09. The number of nitrogens with one attached hydrogen (secondary N) is 1. The second-order valence-corrected chi connectivity index (χ2v) is 6.37. The van der Waals surface area contributed by atoms with E-state index in [-0.39, 0.29) is 18.6 Å². The lowest BCUT2D eigenvalue weighted by atomic mass is 10.1. The molecule has 116 valence electrons. The van der Waals surface area contributed by atoms with E-state index >= 15 is 0 Å². The second-order valence-electron chi connectivity index (χ2n) is 5.13. The van der Waals surface area contributed by atoms with Crippen molar-refractivity contribution >= 4 is 28.5 Å². The van der Waals surface area contributed by atoms with Gasteiger partial charge in [0.15, 0.2) is 6.61 Å². The maximum atomic E-state index is 12.0. The molecule has 1 amide bonds. The number of carbonyl (C=O) groups excluding carboxylic acids is 1. The zero-order valence-corrected chi connectivity index (χ0v) is 15.0. The van der Waals surface area contributed by atoms with Crippen LogP contribution in [0.25, 0.3) is 0 Å². The monoisotopic (exact) mass is 409 g/mol. The van der Waals surface area contributed by atoms with Crippen LogP contribution in [0.1, 0.15) is 31.0 Å². The van der Waals surface area contributed by atoms with E-state index < -0.39 is 0 Å². The molecule has 3 nitrogen and oxygen atoms in total. The molecule has 0 saturated heterocycles. The van der Waals surface area contributed by atoms with Gasteiger partial charge in [0.2, 0.25) is 0 Å². The molecule has 0 bridgehead atoms. The fraction of sp³-hybridized carbons (Fsp3) is 0.278. The van der Waals surface area contributed by atoms with Crippen molar-refractivity contribution in [2.75, 3.05) is 6.61 Å². The van der Waals surface area contributed by atoms with Crippen molar-refractivity contribution in [3.05, 3.63) is 63.2 Å². The van der Waals surface area contributed by atoms with Crippen LogP contribution in [0.15, 0.2) is 48.5 Å². The van der Waals surface area contributed by atoms with E-state index in [4.69, 9.17) is 4.74 Å². The van der Waals surface area contributed by atoms with Crippen LogP contribution in [-0.2, 0) is 11.2 Å². The molecule has 1 N–H and O–H groups in total. The quantitative estimate of drug-likeness (QED) is 0.730. The highest BCUT2D eigenvalue weighted by Gasteiger charge is 2.10. The number of aryl methyl sites for hydroxylation is 1. The molecule has 0 heterocycles. The Morgan fingerprint density at radius 3 is 2.36 bits per heavy atom. The average molecular weight is 409 g/mol. The second kappa shape index (κ2) is 8.17. The molecule has 4 heteroatoms. The van der Waals surface area contributed by atoms with E-state index in [9.17, 15) is 4.79 Å². The average Bonchev–Trinajstić information content (AvgIpc) is 2.54. The molecule has 0 saturated carbocycles. The van der Waals surface area contributed by atoms with E-state index in [1.54, 1.807) is 0 Å². The molecular weight excluding hydrogens is 389 g/mol. The largest absolute Gasteiger partial charge is 0.484 e. The summed E-state index contributed by atoms with van der Waals surface area (Å²) < 4.78 is 6.62. The van der Waals surface area contributed by atoms with E-state index in [1.807, 2.05) is 31.2 Å². The lowest BCUT2D eigenvalue weighted by molar-refractivity contribution is -0.123. The molecule has 0 aliphatic rings. The van der Waals surface area contributed by atoms with Crippen molar-refractivity contribution in [3.8, 4) is 5.75 Å². The Morgan fingerprint density at radius 2 is 1.77 bits per heavy atom. The normalized spacial score (nSPS) is 11.8. The Hall–Kier alpha value is -1.56. The highest BCUT2D eigenvalue weighted by atomic mass is 127. The first-order valence-corrected chi connectivity index (χ1v) is 8.43. The Morgan fingerprint density at radius 1 is 1.14 bits per heavy atom. The number of amides is 1. The lowest BCUT2D eigenvalue weighted by Gasteiger charge is -2.15. The summed E-state index contributed by atoms with van der Waals surface area (Å²) in [7, 11) is 0. The molecule has 1 atom stereocenters. The van der Waals surface area contributed by atoms with Crippen molar-refractivity contribution < 1.29 is 9.53 Å². The van der Waals surface area contributed by atoms with Gasteiger partial charge in [-0.3, -0.25) is 4.79 Å². The number of hydrogen-bond acceptors (Lipinski definition) is 2. The first-order valence-electron chi connectivity index (χ1n) is 7.35. The standard InChI is InChI=1S/C18H20INO2/c1-3-14-4-6-15(7-5-14)13(2)20-18(21)12-22-17-10-8-16(19)9-11-17/h4-11,13H,3,12H2,1-2H3,(H,20,21). The smallest absolute Gasteiger partial charge is 0.258 e. The van der Waals surface area contributed by atoms with Crippen molar-refractivity contribution in [1.82, 2.24) is 5.32 Å². The molecular formula is C18H20INO2. The molecule has 0 spiro atoms. The fourth-order valence-corrected chi connectivity index (χ4v) is 2.45. The number of carbonyl (C=O) groups is 1. The van der Waals surface area contributed by atoms with Crippen molar-refractivity contribution in [1.29, 1.82) is 0 Å². The minimum Gasteiger partial charge on any atom is -0.484 e. The molecule has 2 rings (SSSR count).